The zero-order valence-corrected chi connectivity index (χ0v) is 15.7. The second-order valence-electron chi connectivity index (χ2n) is 6.35. The molecule has 0 aromatic heterocycles. The molecule has 0 saturated carbocycles. The van der Waals surface area contributed by atoms with Gasteiger partial charge in [0.05, 0.1) is 7.11 Å². The molecule has 1 N–H and O–H groups in total. The van der Waals surface area contributed by atoms with Crippen LogP contribution in [0.15, 0.2) is 54.2 Å². The van der Waals surface area contributed by atoms with Crippen molar-refractivity contribution in [3.05, 3.63) is 59.7 Å². The summed E-state index contributed by atoms with van der Waals surface area (Å²) in [5.41, 5.74) is 1.79. The van der Waals surface area contributed by atoms with E-state index in [4.69, 9.17) is 4.74 Å². The van der Waals surface area contributed by atoms with Gasteiger partial charge in [0.1, 0.15) is 4.32 Å². The zero-order valence-electron chi connectivity index (χ0n) is 14.1. The number of Topliss-reactive ketones (excluding diaryl/α,β-unsaturated/α-hetero) is 1. The van der Waals surface area contributed by atoms with Gasteiger partial charge in [0.25, 0.3) is 0 Å². The van der Waals surface area contributed by atoms with E-state index in [1.54, 1.807) is 31.2 Å². The minimum atomic E-state index is -1.15. The fourth-order valence-electron chi connectivity index (χ4n) is 3.80. The summed E-state index contributed by atoms with van der Waals surface area (Å²) in [5, 5.41) is 10.6. The number of rotatable bonds is 3. The van der Waals surface area contributed by atoms with E-state index in [-0.39, 0.29) is 17.3 Å². The lowest BCUT2D eigenvalue weighted by Crippen LogP contribution is -2.52. The minimum absolute atomic E-state index is 0.0336. The van der Waals surface area contributed by atoms with Gasteiger partial charge >= 0.3 is 0 Å². The maximum Gasteiger partial charge on any atom is 0.174 e. The Bertz CT molecular complexity index is 836. The minimum Gasteiger partial charge on any atom is -0.504 e. The third kappa shape index (κ3) is 2.49. The van der Waals surface area contributed by atoms with E-state index in [9.17, 15) is 14.7 Å². The van der Waals surface area contributed by atoms with Gasteiger partial charge in [-0.05, 0) is 36.6 Å². The highest BCUT2D eigenvalue weighted by Crippen LogP contribution is 2.56. The molecule has 2 aliphatic carbocycles. The van der Waals surface area contributed by atoms with Crippen LogP contribution in [0.1, 0.15) is 24.8 Å². The predicted octanol–water partition coefficient (Wildman–Crippen LogP) is 3.85. The zero-order chi connectivity index (χ0) is 18.4. The van der Waals surface area contributed by atoms with Crippen molar-refractivity contribution in [1.29, 1.82) is 0 Å². The Labute approximate surface area is 155 Å². The third-order valence-electron chi connectivity index (χ3n) is 5.08. The molecule has 3 atom stereocenters. The molecular formula is C20H19BrO4. The van der Waals surface area contributed by atoms with Crippen LogP contribution in [-0.4, -0.2) is 28.1 Å². The molecule has 0 bridgehead atoms. The summed E-state index contributed by atoms with van der Waals surface area (Å²) in [6, 6.07) is 5.15. The number of methoxy groups -OCH3 is 1. The number of ether oxygens (including phenoxy) is 1. The first kappa shape index (κ1) is 17.7. The highest BCUT2D eigenvalue weighted by molar-refractivity contribution is 9.10. The standard InChI is InChI=1S/C20H19BrO4/c1-4-12-8-9-14-18(23)11(2)10-16(22)20(14,21)17(12)13-6-5-7-15(25-3)19(13)24/h4-8,10,14,17,24H,1,9H2,2-3H3. The molecule has 5 heteroatoms. The third-order valence-corrected chi connectivity index (χ3v) is 6.48. The summed E-state index contributed by atoms with van der Waals surface area (Å²) in [7, 11) is 1.47. The van der Waals surface area contributed by atoms with Gasteiger partial charge in [-0.1, -0.05) is 46.8 Å². The molecule has 1 aromatic carbocycles. The normalized spacial score (nSPS) is 28.8. The summed E-state index contributed by atoms with van der Waals surface area (Å²) in [4.78, 5) is 25.7. The van der Waals surface area contributed by atoms with Crippen LogP contribution in [-0.2, 0) is 9.59 Å². The van der Waals surface area contributed by atoms with Gasteiger partial charge in [0.15, 0.2) is 23.1 Å². The van der Waals surface area contributed by atoms with Crippen LogP contribution in [0.25, 0.3) is 0 Å². The molecule has 3 unspecified atom stereocenters. The molecule has 3 rings (SSSR count). The van der Waals surface area contributed by atoms with Crippen LogP contribution in [0.3, 0.4) is 0 Å². The van der Waals surface area contributed by atoms with E-state index in [2.05, 4.69) is 22.5 Å². The van der Waals surface area contributed by atoms with Crippen molar-refractivity contribution in [2.45, 2.75) is 23.6 Å². The molecular weight excluding hydrogens is 384 g/mol. The average Bonchev–Trinajstić information content (AvgIpc) is 2.60. The molecule has 2 aliphatic rings. The van der Waals surface area contributed by atoms with Crippen molar-refractivity contribution >= 4 is 27.5 Å². The maximum atomic E-state index is 13.0. The van der Waals surface area contributed by atoms with E-state index in [0.29, 0.717) is 23.3 Å². The number of benzene rings is 1. The van der Waals surface area contributed by atoms with Crippen molar-refractivity contribution < 1.29 is 19.4 Å². The molecule has 0 saturated heterocycles. The Morgan fingerprint density at radius 1 is 1.40 bits per heavy atom. The average molecular weight is 403 g/mol. The number of carbonyl (C=O) groups is 2. The number of phenols is 1. The first-order chi connectivity index (χ1) is 11.9. The van der Waals surface area contributed by atoms with Gasteiger partial charge < -0.3 is 9.84 Å². The molecule has 0 fully saturated rings. The van der Waals surface area contributed by atoms with Gasteiger partial charge in [0.2, 0.25) is 0 Å². The van der Waals surface area contributed by atoms with E-state index in [1.165, 1.54) is 13.2 Å². The number of carbonyl (C=O) groups excluding carboxylic acids is 2. The number of allylic oxidation sites excluding steroid dienone is 5. The Morgan fingerprint density at radius 2 is 2.12 bits per heavy atom. The van der Waals surface area contributed by atoms with Crippen molar-refractivity contribution in [1.82, 2.24) is 0 Å². The lowest BCUT2D eigenvalue weighted by Gasteiger charge is -2.45. The SMILES string of the molecule is C=CC1=CCC2C(=O)C(C)=CC(=O)C2(Br)C1c1cccc(OC)c1O. The predicted molar refractivity (Wildman–Crippen MR) is 99.2 cm³/mol. The maximum absolute atomic E-state index is 13.0. The van der Waals surface area contributed by atoms with Gasteiger partial charge in [-0.25, -0.2) is 0 Å². The molecule has 25 heavy (non-hydrogen) atoms. The molecule has 0 amide bonds. The number of hydrogen-bond donors (Lipinski definition) is 1. The highest BCUT2D eigenvalue weighted by atomic mass is 79.9. The van der Waals surface area contributed by atoms with E-state index >= 15 is 0 Å². The summed E-state index contributed by atoms with van der Waals surface area (Å²) >= 11 is 3.62. The molecule has 0 heterocycles. The Balaban J connectivity index is 2.27. The number of para-hydroxylation sites is 1. The van der Waals surface area contributed by atoms with Crippen LogP contribution < -0.4 is 4.74 Å². The number of halogens is 1. The van der Waals surface area contributed by atoms with Gasteiger partial charge in [-0.15, -0.1) is 0 Å². The quantitative estimate of drug-likeness (QED) is 0.779. The lowest BCUT2D eigenvalue weighted by molar-refractivity contribution is -0.128. The number of hydrogen-bond acceptors (Lipinski definition) is 4. The summed E-state index contributed by atoms with van der Waals surface area (Å²) in [6.07, 6.45) is 5.43. The number of aromatic hydroxyl groups is 1. The van der Waals surface area contributed by atoms with Crippen LogP contribution in [0.4, 0.5) is 0 Å². The fourth-order valence-corrected chi connectivity index (χ4v) is 4.82. The first-order valence-electron chi connectivity index (χ1n) is 8.00. The monoisotopic (exact) mass is 402 g/mol. The molecule has 1 aromatic rings. The molecule has 0 aliphatic heterocycles. The van der Waals surface area contributed by atoms with Crippen LogP contribution in [0.2, 0.25) is 0 Å². The van der Waals surface area contributed by atoms with Crippen LogP contribution in [0, 0.1) is 5.92 Å². The van der Waals surface area contributed by atoms with Crippen molar-refractivity contribution in [2.75, 3.05) is 7.11 Å². The smallest absolute Gasteiger partial charge is 0.174 e. The van der Waals surface area contributed by atoms with Crippen molar-refractivity contribution in [2.24, 2.45) is 5.92 Å². The Kier molecular flexibility index (Phi) is 4.45. The number of fused-ring (bicyclic) bond motifs is 1. The van der Waals surface area contributed by atoms with Crippen LogP contribution >= 0.6 is 15.9 Å². The first-order valence-corrected chi connectivity index (χ1v) is 8.79. The Morgan fingerprint density at radius 3 is 2.76 bits per heavy atom. The molecule has 0 spiro atoms. The molecule has 4 nitrogen and oxygen atoms in total. The van der Waals surface area contributed by atoms with Crippen LogP contribution in [0.5, 0.6) is 11.5 Å². The second-order valence-corrected chi connectivity index (χ2v) is 7.66. The van der Waals surface area contributed by atoms with Crippen molar-refractivity contribution in [3.8, 4) is 11.5 Å². The second kappa shape index (κ2) is 6.30. The number of ketones is 2. The number of alkyl halides is 1. The fraction of sp³-hybridized carbons (Fsp3) is 0.300. The summed E-state index contributed by atoms with van der Waals surface area (Å²) in [6.45, 7) is 5.51. The topological polar surface area (TPSA) is 63.6 Å². The summed E-state index contributed by atoms with van der Waals surface area (Å²) in [5.74, 6) is -1.00. The lowest BCUT2D eigenvalue weighted by atomic mass is 9.62. The van der Waals surface area contributed by atoms with Gasteiger partial charge in [-0.2, -0.15) is 0 Å². The molecule has 130 valence electrons. The largest absolute Gasteiger partial charge is 0.504 e. The number of phenolic OH excluding ortho intramolecular Hbond substituents is 1. The van der Waals surface area contributed by atoms with Gasteiger partial charge in [-0.3, -0.25) is 9.59 Å². The van der Waals surface area contributed by atoms with E-state index < -0.39 is 16.2 Å². The van der Waals surface area contributed by atoms with E-state index in [0.717, 1.165) is 5.57 Å². The van der Waals surface area contributed by atoms with E-state index in [1.807, 2.05) is 6.08 Å². The molecule has 0 radical (unpaired) electrons. The van der Waals surface area contributed by atoms with Crippen molar-refractivity contribution in [3.63, 3.8) is 0 Å². The van der Waals surface area contributed by atoms with Gasteiger partial charge in [0, 0.05) is 17.4 Å². The Hall–Kier alpha value is -2.14. The summed E-state index contributed by atoms with van der Waals surface area (Å²) < 4.78 is 4.06. The highest BCUT2D eigenvalue weighted by Gasteiger charge is 2.57.